The van der Waals surface area contributed by atoms with Gasteiger partial charge in [-0.05, 0) is 26.2 Å². The first-order valence-corrected chi connectivity index (χ1v) is 6.82. The van der Waals surface area contributed by atoms with Crippen LogP contribution in [0.4, 0.5) is 0 Å². The predicted octanol–water partition coefficient (Wildman–Crippen LogP) is 0.504. The summed E-state index contributed by atoms with van der Waals surface area (Å²) in [5.41, 5.74) is 0. The van der Waals surface area contributed by atoms with E-state index in [2.05, 4.69) is 0 Å². The van der Waals surface area contributed by atoms with Crippen LogP contribution in [0.15, 0.2) is 0 Å². The lowest BCUT2D eigenvalue weighted by atomic mass is 10.1. The highest BCUT2D eigenvalue weighted by atomic mass is 16.5. The van der Waals surface area contributed by atoms with Crippen molar-refractivity contribution in [2.45, 2.75) is 38.4 Å². The average molecular weight is 271 g/mol. The first kappa shape index (κ1) is 14.3. The van der Waals surface area contributed by atoms with E-state index in [4.69, 9.17) is 14.6 Å². The van der Waals surface area contributed by atoms with Crippen LogP contribution in [0.25, 0.3) is 0 Å². The van der Waals surface area contributed by atoms with Crippen molar-refractivity contribution < 1.29 is 24.2 Å². The van der Waals surface area contributed by atoms with Crippen LogP contribution in [0.2, 0.25) is 0 Å². The summed E-state index contributed by atoms with van der Waals surface area (Å²) in [6.07, 6.45) is 2.12. The molecular weight excluding hydrogens is 250 g/mol. The Bertz CT molecular complexity index is 340. The lowest BCUT2D eigenvalue weighted by molar-refractivity contribution is -0.144. The summed E-state index contributed by atoms with van der Waals surface area (Å²) in [5, 5.41) is 8.91. The largest absolute Gasteiger partial charge is 0.481 e. The molecule has 2 aliphatic heterocycles. The summed E-state index contributed by atoms with van der Waals surface area (Å²) in [4.78, 5) is 24.5. The molecule has 0 aromatic heterocycles. The average Bonchev–Trinajstić information content (AvgIpc) is 3.05. The van der Waals surface area contributed by atoms with Gasteiger partial charge in [0.05, 0.1) is 18.6 Å². The van der Waals surface area contributed by atoms with Crippen molar-refractivity contribution in [2.75, 3.05) is 26.3 Å². The Morgan fingerprint density at radius 3 is 2.84 bits per heavy atom. The van der Waals surface area contributed by atoms with E-state index < -0.39 is 18.0 Å². The van der Waals surface area contributed by atoms with Gasteiger partial charge in [-0.3, -0.25) is 9.59 Å². The molecule has 0 radical (unpaired) electrons. The Kier molecular flexibility index (Phi) is 4.76. The lowest BCUT2D eigenvalue weighted by Crippen LogP contribution is -2.39. The minimum Gasteiger partial charge on any atom is -0.481 e. The normalized spacial score (nSPS) is 28.6. The monoisotopic (exact) mass is 271 g/mol. The number of rotatable bonds is 5. The molecule has 0 aromatic carbocycles. The number of hydrogen-bond acceptors (Lipinski definition) is 4. The molecule has 2 heterocycles. The summed E-state index contributed by atoms with van der Waals surface area (Å²) in [6, 6.07) is 0. The highest BCUT2D eigenvalue weighted by molar-refractivity contribution is 5.82. The maximum absolute atomic E-state index is 12.1. The predicted molar refractivity (Wildman–Crippen MR) is 66.7 cm³/mol. The van der Waals surface area contributed by atoms with Gasteiger partial charge in [-0.25, -0.2) is 0 Å². The molecule has 0 aliphatic carbocycles. The molecule has 2 rings (SSSR count). The minimum atomic E-state index is -0.830. The third kappa shape index (κ3) is 3.67. The van der Waals surface area contributed by atoms with Crippen molar-refractivity contribution in [1.82, 2.24) is 4.90 Å². The number of likely N-dealkylation sites (tertiary alicyclic amines) is 1. The molecule has 19 heavy (non-hydrogen) atoms. The Balaban J connectivity index is 1.74. The second-order valence-electron chi connectivity index (χ2n) is 5.22. The fourth-order valence-corrected chi connectivity index (χ4v) is 2.52. The SMILES string of the molecule is CC(OCC1CCCO1)C(=O)N1CCC(C(=O)O)C1. The first-order valence-electron chi connectivity index (χ1n) is 6.82. The molecule has 2 fully saturated rings. The molecule has 2 aliphatic rings. The lowest BCUT2D eigenvalue weighted by Gasteiger charge is -2.22. The molecule has 0 bridgehead atoms. The number of carboxylic acid groups (broad SMARTS) is 1. The fourth-order valence-electron chi connectivity index (χ4n) is 2.52. The van der Waals surface area contributed by atoms with Crippen molar-refractivity contribution in [1.29, 1.82) is 0 Å². The van der Waals surface area contributed by atoms with Gasteiger partial charge < -0.3 is 19.5 Å². The number of amides is 1. The Morgan fingerprint density at radius 2 is 2.26 bits per heavy atom. The van der Waals surface area contributed by atoms with Gasteiger partial charge in [0.1, 0.15) is 6.10 Å². The Morgan fingerprint density at radius 1 is 1.47 bits per heavy atom. The van der Waals surface area contributed by atoms with Crippen LogP contribution in [0.1, 0.15) is 26.2 Å². The van der Waals surface area contributed by atoms with Gasteiger partial charge in [-0.1, -0.05) is 0 Å². The van der Waals surface area contributed by atoms with Crippen LogP contribution in [-0.2, 0) is 19.1 Å². The van der Waals surface area contributed by atoms with E-state index in [0.29, 0.717) is 26.1 Å². The second kappa shape index (κ2) is 6.34. The molecule has 2 saturated heterocycles. The van der Waals surface area contributed by atoms with Crippen LogP contribution in [0.5, 0.6) is 0 Å². The highest BCUT2D eigenvalue weighted by Crippen LogP contribution is 2.18. The number of aliphatic carboxylic acids is 1. The fraction of sp³-hybridized carbons (Fsp3) is 0.846. The van der Waals surface area contributed by atoms with Crippen molar-refractivity contribution in [3.05, 3.63) is 0 Å². The van der Waals surface area contributed by atoms with Gasteiger partial charge in [-0.2, -0.15) is 0 Å². The maximum Gasteiger partial charge on any atom is 0.308 e. The van der Waals surface area contributed by atoms with Gasteiger partial charge in [0.25, 0.3) is 5.91 Å². The van der Waals surface area contributed by atoms with Crippen LogP contribution in [-0.4, -0.2) is 60.4 Å². The molecule has 1 amide bonds. The number of carbonyl (C=O) groups excluding carboxylic acids is 1. The Labute approximate surface area is 112 Å². The second-order valence-corrected chi connectivity index (χ2v) is 5.22. The molecule has 0 spiro atoms. The summed E-state index contributed by atoms with van der Waals surface area (Å²) in [6.45, 7) is 3.71. The van der Waals surface area contributed by atoms with Gasteiger partial charge in [0, 0.05) is 19.7 Å². The van der Waals surface area contributed by atoms with Crippen LogP contribution < -0.4 is 0 Å². The molecule has 6 heteroatoms. The molecule has 108 valence electrons. The zero-order valence-electron chi connectivity index (χ0n) is 11.2. The summed E-state index contributed by atoms with van der Waals surface area (Å²) < 4.78 is 11.0. The summed E-state index contributed by atoms with van der Waals surface area (Å²) in [5.74, 6) is -1.39. The van der Waals surface area contributed by atoms with E-state index in [0.717, 1.165) is 19.4 Å². The van der Waals surface area contributed by atoms with Crippen molar-refractivity contribution in [3.63, 3.8) is 0 Å². The zero-order chi connectivity index (χ0) is 13.8. The number of hydrogen-bond donors (Lipinski definition) is 1. The number of nitrogens with zero attached hydrogens (tertiary/aromatic N) is 1. The van der Waals surface area contributed by atoms with Gasteiger partial charge >= 0.3 is 5.97 Å². The number of carbonyl (C=O) groups is 2. The van der Waals surface area contributed by atoms with Crippen molar-refractivity contribution in [2.24, 2.45) is 5.92 Å². The molecule has 3 unspecified atom stereocenters. The highest BCUT2D eigenvalue weighted by Gasteiger charge is 2.33. The minimum absolute atomic E-state index is 0.0978. The van der Waals surface area contributed by atoms with E-state index >= 15 is 0 Å². The van der Waals surface area contributed by atoms with Crippen LogP contribution >= 0.6 is 0 Å². The smallest absolute Gasteiger partial charge is 0.308 e. The van der Waals surface area contributed by atoms with Crippen LogP contribution in [0, 0.1) is 5.92 Å². The zero-order valence-corrected chi connectivity index (χ0v) is 11.2. The van der Waals surface area contributed by atoms with Gasteiger partial charge in [0.2, 0.25) is 0 Å². The third-order valence-corrected chi connectivity index (χ3v) is 3.75. The van der Waals surface area contributed by atoms with E-state index in [9.17, 15) is 9.59 Å². The molecule has 3 atom stereocenters. The summed E-state index contributed by atoms with van der Waals surface area (Å²) >= 11 is 0. The quantitative estimate of drug-likeness (QED) is 0.788. The maximum atomic E-state index is 12.1. The van der Waals surface area contributed by atoms with Gasteiger partial charge in [0.15, 0.2) is 0 Å². The van der Waals surface area contributed by atoms with Gasteiger partial charge in [-0.15, -0.1) is 0 Å². The molecule has 1 N–H and O–H groups in total. The molecular formula is C13H21NO5. The van der Waals surface area contributed by atoms with Crippen molar-refractivity contribution in [3.8, 4) is 0 Å². The van der Waals surface area contributed by atoms with Crippen LogP contribution in [0.3, 0.4) is 0 Å². The Hall–Kier alpha value is -1.14. The van der Waals surface area contributed by atoms with E-state index in [-0.39, 0.29) is 12.0 Å². The number of ether oxygens (including phenoxy) is 2. The first-order chi connectivity index (χ1) is 9.08. The molecule has 6 nitrogen and oxygen atoms in total. The topological polar surface area (TPSA) is 76.1 Å². The van der Waals surface area contributed by atoms with E-state index in [1.165, 1.54) is 0 Å². The van der Waals surface area contributed by atoms with E-state index in [1.807, 2.05) is 0 Å². The van der Waals surface area contributed by atoms with Crippen molar-refractivity contribution >= 4 is 11.9 Å². The standard InChI is InChI=1S/C13H21NO5/c1-9(19-8-11-3-2-6-18-11)12(15)14-5-4-10(7-14)13(16)17/h9-11H,2-8H2,1H3,(H,16,17). The third-order valence-electron chi connectivity index (χ3n) is 3.75. The van der Waals surface area contributed by atoms with E-state index in [1.54, 1.807) is 11.8 Å². The summed E-state index contributed by atoms with van der Waals surface area (Å²) in [7, 11) is 0. The molecule has 0 aromatic rings. The number of carboxylic acids is 1. The molecule has 0 saturated carbocycles.